The Kier molecular flexibility index (Phi) is 7.12. The summed E-state index contributed by atoms with van der Waals surface area (Å²) in [5.74, 6) is -1.31. The van der Waals surface area contributed by atoms with Crippen LogP contribution in [0, 0.1) is 5.92 Å². The van der Waals surface area contributed by atoms with Crippen LogP contribution in [-0.2, 0) is 9.36 Å². The van der Waals surface area contributed by atoms with Gasteiger partial charge in [-0.2, -0.15) is 0 Å². The molecule has 0 radical (unpaired) electrons. The van der Waals surface area contributed by atoms with Crippen molar-refractivity contribution in [2.75, 3.05) is 26.3 Å². The lowest BCUT2D eigenvalue weighted by atomic mass is 10.0. The first-order valence-corrected chi connectivity index (χ1v) is 9.16. The third kappa shape index (κ3) is 6.33. The zero-order valence-electron chi connectivity index (χ0n) is 11.9. The number of nitrogens with zero attached hydrogens (tertiary/aromatic N) is 1. The summed E-state index contributed by atoms with van der Waals surface area (Å²) in [5, 5.41) is 22.2. The van der Waals surface area contributed by atoms with Crippen LogP contribution in [0.4, 0.5) is 0 Å². The summed E-state index contributed by atoms with van der Waals surface area (Å²) in [6.07, 6.45) is 5.57. The first-order chi connectivity index (χ1) is 9.30. The minimum atomic E-state index is -3.56. The summed E-state index contributed by atoms with van der Waals surface area (Å²) in [7, 11) is -3.56. The Morgan fingerprint density at radius 2 is 2.05 bits per heavy atom. The maximum atomic E-state index is 11.6. The van der Waals surface area contributed by atoms with Crippen LogP contribution in [0.15, 0.2) is 0 Å². The molecule has 2 atom stereocenters. The van der Waals surface area contributed by atoms with Crippen molar-refractivity contribution in [3.8, 4) is 0 Å². The van der Waals surface area contributed by atoms with E-state index >= 15 is 0 Å². The number of aliphatic hydroxyl groups is 1. The van der Waals surface area contributed by atoms with E-state index in [0.29, 0.717) is 17.5 Å². The Morgan fingerprint density at radius 1 is 1.45 bits per heavy atom. The Morgan fingerprint density at radius 3 is 2.60 bits per heavy atom. The van der Waals surface area contributed by atoms with Crippen LogP contribution in [0.3, 0.4) is 0 Å². The SMILES string of the molecule is CP(=O)(O)C(O)CNCC(=O)N(O)CCC1CCCC1. The fourth-order valence-corrected chi connectivity index (χ4v) is 2.77. The second-order valence-electron chi connectivity index (χ2n) is 5.51. The number of carbonyl (C=O) groups excluding carboxylic acids is 1. The normalized spacial score (nSPS) is 20.6. The molecule has 118 valence electrons. The quantitative estimate of drug-likeness (QED) is 0.297. The first-order valence-electron chi connectivity index (χ1n) is 6.98. The maximum absolute atomic E-state index is 11.6. The van der Waals surface area contributed by atoms with E-state index in [2.05, 4.69) is 5.32 Å². The summed E-state index contributed by atoms with van der Waals surface area (Å²) in [6.45, 7) is 1.03. The molecule has 1 rings (SSSR count). The molecule has 0 saturated heterocycles. The molecule has 20 heavy (non-hydrogen) atoms. The van der Waals surface area contributed by atoms with Gasteiger partial charge in [-0.15, -0.1) is 0 Å². The standard InChI is InChI=1S/C12H25N2O5P/c1-20(18,19)12(16)9-13-8-11(15)14(17)7-6-10-4-2-3-5-10/h10,12-13,16-17H,2-9H2,1H3,(H,18,19). The largest absolute Gasteiger partial charge is 0.382 e. The number of aliphatic hydroxyl groups excluding tert-OH is 1. The van der Waals surface area contributed by atoms with Crippen molar-refractivity contribution >= 4 is 13.3 Å². The Balaban J connectivity index is 2.16. The molecule has 1 aliphatic rings. The van der Waals surface area contributed by atoms with Crippen LogP contribution >= 0.6 is 7.37 Å². The third-order valence-electron chi connectivity index (χ3n) is 3.67. The van der Waals surface area contributed by atoms with Crippen LogP contribution in [0.2, 0.25) is 0 Å². The molecular formula is C12H25N2O5P. The maximum Gasteiger partial charge on any atom is 0.259 e. The van der Waals surface area contributed by atoms with Crippen molar-refractivity contribution < 1.29 is 24.6 Å². The summed E-state index contributed by atoms with van der Waals surface area (Å²) < 4.78 is 11.1. The fraction of sp³-hybridized carbons (Fsp3) is 0.917. The molecule has 1 aliphatic carbocycles. The van der Waals surface area contributed by atoms with Gasteiger partial charge in [-0.25, -0.2) is 5.06 Å². The molecule has 0 aromatic rings. The van der Waals surface area contributed by atoms with Crippen molar-refractivity contribution in [1.29, 1.82) is 0 Å². The lowest BCUT2D eigenvalue weighted by Gasteiger charge is -2.19. The summed E-state index contributed by atoms with van der Waals surface area (Å²) in [5.41, 5.74) is 0. The molecule has 0 heterocycles. The van der Waals surface area contributed by atoms with Gasteiger partial charge in [-0.3, -0.25) is 14.6 Å². The highest BCUT2D eigenvalue weighted by Gasteiger charge is 2.23. The molecule has 1 amide bonds. The van der Waals surface area contributed by atoms with E-state index in [4.69, 9.17) is 4.89 Å². The molecule has 1 saturated carbocycles. The van der Waals surface area contributed by atoms with E-state index in [0.717, 1.165) is 25.9 Å². The number of hydrogen-bond donors (Lipinski definition) is 4. The highest BCUT2D eigenvalue weighted by Crippen LogP contribution is 2.39. The number of rotatable bonds is 8. The van der Waals surface area contributed by atoms with Gasteiger partial charge in [0.25, 0.3) is 5.91 Å². The Labute approximate surface area is 119 Å². The monoisotopic (exact) mass is 308 g/mol. The molecular weight excluding hydrogens is 283 g/mol. The average Bonchev–Trinajstić information content (AvgIpc) is 2.87. The van der Waals surface area contributed by atoms with Crippen molar-refractivity contribution in [3.63, 3.8) is 0 Å². The lowest BCUT2D eigenvalue weighted by molar-refractivity contribution is -0.164. The summed E-state index contributed by atoms with van der Waals surface area (Å²) in [4.78, 5) is 20.7. The summed E-state index contributed by atoms with van der Waals surface area (Å²) in [6, 6.07) is 0. The zero-order valence-corrected chi connectivity index (χ0v) is 12.8. The zero-order chi connectivity index (χ0) is 15.2. The molecule has 8 heteroatoms. The van der Waals surface area contributed by atoms with Crippen molar-refractivity contribution in [1.82, 2.24) is 10.4 Å². The molecule has 0 aromatic heterocycles. The van der Waals surface area contributed by atoms with E-state index < -0.39 is 19.1 Å². The number of hydrogen-bond acceptors (Lipinski definition) is 5. The number of carbonyl (C=O) groups is 1. The highest BCUT2D eigenvalue weighted by molar-refractivity contribution is 7.57. The smallest absolute Gasteiger partial charge is 0.259 e. The number of hydroxylamine groups is 2. The second-order valence-corrected chi connectivity index (χ2v) is 7.99. The number of nitrogens with one attached hydrogen (secondary N) is 1. The molecule has 4 N–H and O–H groups in total. The van der Waals surface area contributed by atoms with E-state index in [-0.39, 0.29) is 13.1 Å². The van der Waals surface area contributed by atoms with Crippen LogP contribution in [-0.4, -0.2) is 58.3 Å². The van der Waals surface area contributed by atoms with Crippen LogP contribution in [0.5, 0.6) is 0 Å². The van der Waals surface area contributed by atoms with Crippen molar-refractivity contribution in [2.24, 2.45) is 5.92 Å². The highest BCUT2D eigenvalue weighted by atomic mass is 31.2. The van der Waals surface area contributed by atoms with Gasteiger partial charge in [-0.1, -0.05) is 25.7 Å². The molecule has 7 nitrogen and oxygen atoms in total. The second kappa shape index (κ2) is 8.10. The molecule has 0 aliphatic heterocycles. The van der Waals surface area contributed by atoms with Gasteiger partial charge in [0.15, 0.2) is 0 Å². The Bertz CT molecular complexity index is 354. The van der Waals surface area contributed by atoms with Crippen molar-refractivity contribution in [3.05, 3.63) is 0 Å². The van der Waals surface area contributed by atoms with Gasteiger partial charge in [0.1, 0.15) is 5.85 Å². The van der Waals surface area contributed by atoms with Gasteiger partial charge in [0, 0.05) is 19.8 Å². The molecule has 0 aromatic carbocycles. The first kappa shape index (κ1) is 17.6. The average molecular weight is 308 g/mol. The number of amides is 1. The molecule has 0 spiro atoms. The predicted octanol–water partition coefficient (Wildman–Crippen LogP) is 0.593. The van der Waals surface area contributed by atoms with Crippen LogP contribution in [0.1, 0.15) is 32.1 Å². The van der Waals surface area contributed by atoms with E-state index in [1.807, 2.05) is 0 Å². The van der Waals surface area contributed by atoms with Gasteiger partial charge < -0.3 is 15.3 Å². The topological polar surface area (TPSA) is 110 Å². The van der Waals surface area contributed by atoms with Gasteiger partial charge in [0.05, 0.1) is 6.54 Å². The van der Waals surface area contributed by atoms with Crippen LogP contribution in [0.25, 0.3) is 0 Å². The molecule has 0 bridgehead atoms. The molecule has 1 fully saturated rings. The van der Waals surface area contributed by atoms with Crippen LogP contribution < -0.4 is 5.32 Å². The Hall–Kier alpha value is -0.460. The third-order valence-corrected chi connectivity index (χ3v) is 4.96. The lowest BCUT2D eigenvalue weighted by Crippen LogP contribution is -2.39. The van der Waals surface area contributed by atoms with Gasteiger partial charge in [0.2, 0.25) is 7.37 Å². The van der Waals surface area contributed by atoms with E-state index in [1.165, 1.54) is 12.8 Å². The minimum absolute atomic E-state index is 0.160. The van der Waals surface area contributed by atoms with E-state index in [9.17, 15) is 19.7 Å². The fourth-order valence-electron chi connectivity index (χ4n) is 2.30. The summed E-state index contributed by atoms with van der Waals surface area (Å²) >= 11 is 0. The predicted molar refractivity (Wildman–Crippen MR) is 74.7 cm³/mol. The van der Waals surface area contributed by atoms with Gasteiger partial charge in [-0.05, 0) is 12.3 Å². The molecule has 2 unspecified atom stereocenters. The van der Waals surface area contributed by atoms with E-state index in [1.54, 1.807) is 0 Å². The van der Waals surface area contributed by atoms with Gasteiger partial charge >= 0.3 is 0 Å². The van der Waals surface area contributed by atoms with Crippen molar-refractivity contribution in [2.45, 2.75) is 37.9 Å². The minimum Gasteiger partial charge on any atom is -0.382 e.